The first kappa shape index (κ1) is 17.4. The molecule has 0 saturated carbocycles. The number of fused-ring (bicyclic) bond motifs is 1. The van der Waals surface area contributed by atoms with Gasteiger partial charge in [-0.3, -0.25) is 9.59 Å². The van der Waals surface area contributed by atoms with Crippen molar-refractivity contribution in [2.24, 2.45) is 0 Å². The molecule has 132 valence electrons. The number of piperazine rings is 1. The van der Waals surface area contributed by atoms with Gasteiger partial charge in [0.2, 0.25) is 5.91 Å². The van der Waals surface area contributed by atoms with Crippen molar-refractivity contribution < 1.29 is 14.5 Å². The fraction of sp³-hybridized carbons (Fsp3) is 0.400. The standard InChI is InChI=1S/C20H25N3O2/c1-15(18-9-5-7-17-6-3-4-8-19(17)18)21-20(25)14-22-10-12-23(13-11-22)16(2)24/h3-9,15H,10-14H2,1-2H3,(H,21,25)/p+1/t15-/m1/s1. The second-order valence-corrected chi connectivity index (χ2v) is 6.79. The zero-order chi connectivity index (χ0) is 17.8. The molecule has 0 bridgehead atoms. The lowest BCUT2D eigenvalue weighted by Gasteiger charge is -2.31. The number of hydrogen-bond donors (Lipinski definition) is 2. The Morgan fingerprint density at radius 3 is 2.52 bits per heavy atom. The zero-order valence-electron chi connectivity index (χ0n) is 14.9. The van der Waals surface area contributed by atoms with Crippen molar-refractivity contribution in [1.29, 1.82) is 0 Å². The molecule has 0 aliphatic carbocycles. The summed E-state index contributed by atoms with van der Waals surface area (Å²) >= 11 is 0. The van der Waals surface area contributed by atoms with Crippen LogP contribution >= 0.6 is 0 Å². The van der Waals surface area contributed by atoms with Gasteiger partial charge in [0.25, 0.3) is 5.91 Å². The number of rotatable bonds is 4. The zero-order valence-corrected chi connectivity index (χ0v) is 14.9. The maximum atomic E-state index is 12.4. The van der Waals surface area contributed by atoms with Crippen molar-refractivity contribution in [2.45, 2.75) is 19.9 Å². The highest BCUT2D eigenvalue weighted by atomic mass is 16.2. The lowest BCUT2D eigenvalue weighted by molar-refractivity contribution is -0.896. The fourth-order valence-corrected chi connectivity index (χ4v) is 3.54. The first-order valence-electron chi connectivity index (χ1n) is 8.90. The van der Waals surface area contributed by atoms with Crippen LogP contribution in [0, 0.1) is 0 Å². The van der Waals surface area contributed by atoms with Crippen LogP contribution in [0.25, 0.3) is 10.8 Å². The van der Waals surface area contributed by atoms with Gasteiger partial charge in [0.15, 0.2) is 6.54 Å². The average molecular weight is 340 g/mol. The molecule has 0 unspecified atom stereocenters. The quantitative estimate of drug-likeness (QED) is 0.864. The Bertz CT molecular complexity index is 761. The van der Waals surface area contributed by atoms with Crippen molar-refractivity contribution in [1.82, 2.24) is 10.2 Å². The van der Waals surface area contributed by atoms with Crippen LogP contribution < -0.4 is 10.2 Å². The van der Waals surface area contributed by atoms with Crippen LogP contribution in [0.15, 0.2) is 42.5 Å². The van der Waals surface area contributed by atoms with E-state index in [4.69, 9.17) is 0 Å². The van der Waals surface area contributed by atoms with E-state index >= 15 is 0 Å². The third kappa shape index (κ3) is 4.17. The summed E-state index contributed by atoms with van der Waals surface area (Å²) in [6, 6.07) is 14.4. The second-order valence-electron chi connectivity index (χ2n) is 6.79. The van der Waals surface area contributed by atoms with Crippen LogP contribution in [-0.4, -0.2) is 49.4 Å². The van der Waals surface area contributed by atoms with Crippen molar-refractivity contribution in [3.8, 4) is 0 Å². The van der Waals surface area contributed by atoms with Gasteiger partial charge in [-0.15, -0.1) is 0 Å². The summed E-state index contributed by atoms with van der Waals surface area (Å²) in [6.45, 7) is 7.21. The van der Waals surface area contributed by atoms with E-state index in [1.54, 1.807) is 6.92 Å². The van der Waals surface area contributed by atoms with Gasteiger partial charge in [0.1, 0.15) is 0 Å². The number of carbonyl (C=O) groups excluding carboxylic acids is 2. The van der Waals surface area contributed by atoms with Gasteiger partial charge in [-0.1, -0.05) is 42.5 Å². The fourth-order valence-electron chi connectivity index (χ4n) is 3.54. The number of carbonyl (C=O) groups is 2. The van der Waals surface area contributed by atoms with Gasteiger partial charge in [0, 0.05) is 6.92 Å². The Hall–Kier alpha value is -2.40. The highest BCUT2D eigenvalue weighted by Gasteiger charge is 2.24. The molecule has 2 aromatic carbocycles. The predicted molar refractivity (Wildman–Crippen MR) is 98.3 cm³/mol. The van der Waals surface area contributed by atoms with Crippen LogP contribution in [0.2, 0.25) is 0 Å². The summed E-state index contributed by atoms with van der Waals surface area (Å²) < 4.78 is 0. The number of benzene rings is 2. The molecule has 0 aromatic heterocycles. The summed E-state index contributed by atoms with van der Waals surface area (Å²) in [7, 11) is 0. The average Bonchev–Trinajstić information content (AvgIpc) is 2.61. The highest BCUT2D eigenvalue weighted by molar-refractivity contribution is 5.87. The Morgan fingerprint density at radius 2 is 1.80 bits per heavy atom. The van der Waals surface area contributed by atoms with Gasteiger partial charge >= 0.3 is 0 Å². The van der Waals surface area contributed by atoms with Gasteiger partial charge in [-0.05, 0) is 23.3 Å². The van der Waals surface area contributed by atoms with E-state index in [0.29, 0.717) is 6.54 Å². The molecule has 2 amide bonds. The molecule has 3 rings (SSSR count). The molecule has 5 heteroatoms. The molecule has 1 aliphatic heterocycles. The lowest BCUT2D eigenvalue weighted by Crippen LogP contribution is -3.15. The van der Waals surface area contributed by atoms with Gasteiger partial charge < -0.3 is 15.1 Å². The SMILES string of the molecule is CC(=O)N1CC[NH+](CC(=O)N[C@H](C)c2cccc3ccccc23)CC1. The van der Waals surface area contributed by atoms with Crippen molar-refractivity contribution in [2.75, 3.05) is 32.7 Å². The summed E-state index contributed by atoms with van der Waals surface area (Å²) in [4.78, 5) is 26.9. The van der Waals surface area contributed by atoms with E-state index in [2.05, 4.69) is 29.6 Å². The molecule has 1 saturated heterocycles. The topological polar surface area (TPSA) is 53.9 Å². The highest BCUT2D eigenvalue weighted by Crippen LogP contribution is 2.23. The first-order chi connectivity index (χ1) is 12.0. The largest absolute Gasteiger partial charge is 0.345 e. The molecular formula is C20H26N3O2+. The third-order valence-corrected chi connectivity index (χ3v) is 4.99. The van der Waals surface area contributed by atoms with Crippen molar-refractivity contribution in [3.63, 3.8) is 0 Å². The van der Waals surface area contributed by atoms with Crippen LogP contribution in [-0.2, 0) is 9.59 Å². The molecule has 5 nitrogen and oxygen atoms in total. The van der Waals surface area contributed by atoms with E-state index < -0.39 is 0 Å². The van der Waals surface area contributed by atoms with Gasteiger partial charge in [-0.2, -0.15) is 0 Å². The Labute approximate surface area is 148 Å². The van der Waals surface area contributed by atoms with Crippen molar-refractivity contribution >= 4 is 22.6 Å². The normalized spacial score (nSPS) is 16.6. The molecule has 1 fully saturated rings. The molecule has 25 heavy (non-hydrogen) atoms. The third-order valence-electron chi connectivity index (χ3n) is 4.99. The number of nitrogens with zero attached hydrogens (tertiary/aromatic N) is 1. The summed E-state index contributed by atoms with van der Waals surface area (Å²) in [6.07, 6.45) is 0. The molecule has 1 aliphatic rings. The molecule has 0 spiro atoms. The first-order valence-corrected chi connectivity index (χ1v) is 8.90. The van der Waals surface area contributed by atoms with Crippen LogP contribution in [0.5, 0.6) is 0 Å². The smallest absolute Gasteiger partial charge is 0.275 e. The minimum absolute atomic E-state index is 0.0310. The maximum absolute atomic E-state index is 12.4. The van der Waals surface area contributed by atoms with E-state index in [-0.39, 0.29) is 17.9 Å². The van der Waals surface area contributed by atoms with Crippen LogP contribution in [0.3, 0.4) is 0 Å². The van der Waals surface area contributed by atoms with Gasteiger partial charge in [-0.25, -0.2) is 0 Å². The minimum Gasteiger partial charge on any atom is -0.345 e. The van der Waals surface area contributed by atoms with Crippen molar-refractivity contribution in [3.05, 3.63) is 48.0 Å². The Kier molecular flexibility index (Phi) is 5.34. The van der Waals surface area contributed by atoms with E-state index in [9.17, 15) is 9.59 Å². The monoisotopic (exact) mass is 340 g/mol. The van der Waals surface area contributed by atoms with E-state index in [0.717, 1.165) is 31.7 Å². The molecule has 0 radical (unpaired) electrons. The lowest BCUT2D eigenvalue weighted by atomic mass is 10.00. The summed E-state index contributed by atoms with van der Waals surface area (Å²) in [5.41, 5.74) is 1.14. The summed E-state index contributed by atoms with van der Waals surface area (Å²) in [5.74, 6) is 0.180. The molecule has 1 atom stereocenters. The molecule has 1 heterocycles. The van der Waals surface area contributed by atoms with E-state index in [1.807, 2.05) is 30.0 Å². The molecule has 2 N–H and O–H groups in total. The van der Waals surface area contributed by atoms with E-state index in [1.165, 1.54) is 15.7 Å². The Balaban J connectivity index is 1.58. The van der Waals surface area contributed by atoms with Crippen LogP contribution in [0.4, 0.5) is 0 Å². The molecular weight excluding hydrogens is 314 g/mol. The van der Waals surface area contributed by atoms with Crippen LogP contribution in [0.1, 0.15) is 25.5 Å². The predicted octanol–water partition coefficient (Wildman–Crippen LogP) is 0.764. The number of quaternary nitrogens is 1. The van der Waals surface area contributed by atoms with Gasteiger partial charge in [0.05, 0.1) is 32.2 Å². The minimum atomic E-state index is -0.0310. The summed E-state index contributed by atoms with van der Waals surface area (Å²) in [5, 5.41) is 5.50. The Morgan fingerprint density at radius 1 is 1.12 bits per heavy atom. The second kappa shape index (κ2) is 7.66. The number of hydrogen-bond acceptors (Lipinski definition) is 2. The number of amides is 2. The number of nitrogens with one attached hydrogen (secondary N) is 2. The molecule has 2 aromatic rings. The maximum Gasteiger partial charge on any atom is 0.275 e.